The summed E-state index contributed by atoms with van der Waals surface area (Å²) in [5.41, 5.74) is -0.321. The highest BCUT2D eigenvalue weighted by Gasteiger charge is 2.26. The summed E-state index contributed by atoms with van der Waals surface area (Å²) in [5, 5.41) is 2.97. The fourth-order valence-electron chi connectivity index (χ4n) is 1.35. The number of carbonyl (C=O) groups is 1. The second-order valence-corrected chi connectivity index (χ2v) is 4.30. The lowest BCUT2D eigenvalue weighted by Gasteiger charge is -2.13. The standard InChI is InChI=1S/C10H12ClN3O2/c1-6(10(16)13-7-2-3-7)14-5-12-8(11)4-9(14)15/h4-7H,2-3H2,1H3,(H,13,16). The van der Waals surface area contributed by atoms with Crippen molar-refractivity contribution in [1.82, 2.24) is 14.9 Å². The predicted molar refractivity (Wildman–Crippen MR) is 59.4 cm³/mol. The van der Waals surface area contributed by atoms with E-state index in [4.69, 9.17) is 11.6 Å². The van der Waals surface area contributed by atoms with E-state index in [1.807, 2.05) is 0 Å². The third-order valence-corrected chi connectivity index (χ3v) is 2.73. The lowest BCUT2D eigenvalue weighted by atomic mass is 10.3. The molecule has 1 saturated carbocycles. The van der Waals surface area contributed by atoms with Gasteiger partial charge in [0, 0.05) is 12.1 Å². The van der Waals surface area contributed by atoms with Crippen LogP contribution in [-0.4, -0.2) is 21.5 Å². The van der Waals surface area contributed by atoms with E-state index in [0.29, 0.717) is 0 Å². The van der Waals surface area contributed by atoms with Crippen LogP contribution >= 0.6 is 11.6 Å². The zero-order valence-electron chi connectivity index (χ0n) is 8.81. The Bertz CT molecular complexity index is 467. The summed E-state index contributed by atoms with van der Waals surface area (Å²) in [5.74, 6) is -0.159. The fraction of sp³-hybridized carbons (Fsp3) is 0.500. The van der Waals surface area contributed by atoms with Gasteiger partial charge >= 0.3 is 0 Å². The molecular formula is C10H12ClN3O2. The molecule has 0 bridgehead atoms. The fourth-order valence-corrected chi connectivity index (χ4v) is 1.49. The Morgan fingerprint density at radius 2 is 2.38 bits per heavy atom. The number of hydrogen-bond acceptors (Lipinski definition) is 3. The van der Waals surface area contributed by atoms with Crippen LogP contribution in [0.25, 0.3) is 0 Å². The van der Waals surface area contributed by atoms with Gasteiger partial charge in [-0.2, -0.15) is 0 Å². The maximum atomic E-state index is 11.7. The SMILES string of the molecule is CC(C(=O)NC1CC1)n1cnc(Cl)cc1=O. The molecule has 1 aliphatic rings. The molecule has 0 aliphatic heterocycles. The van der Waals surface area contributed by atoms with E-state index in [1.54, 1.807) is 6.92 Å². The minimum Gasteiger partial charge on any atom is -0.352 e. The molecule has 6 heteroatoms. The van der Waals surface area contributed by atoms with Crippen LogP contribution in [0.3, 0.4) is 0 Å². The molecule has 0 aromatic carbocycles. The molecule has 1 unspecified atom stereocenters. The van der Waals surface area contributed by atoms with Gasteiger partial charge in [0.2, 0.25) is 5.91 Å². The van der Waals surface area contributed by atoms with Gasteiger partial charge in [-0.3, -0.25) is 14.2 Å². The van der Waals surface area contributed by atoms with Gasteiger partial charge in [0.1, 0.15) is 11.2 Å². The van der Waals surface area contributed by atoms with Gasteiger partial charge in [-0.1, -0.05) is 11.6 Å². The third-order valence-electron chi connectivity index (χ3n) is 2.52. The van der Waals surface area contributed by atoms with Crippen LogP contribution in [-0.2, 0) is 4.79 Å². The predicted octanol–water partition coefficient (Wildman–Crippen LogP) is 0.736. The molecule has 2 rings (SSSR count). The molecular weight excluding hydrogens is 230 g/mol. The molecule has 86 valence electrons. The molecule has 1 heterocycles. The highest BCUT2D eigenvalue weighted by atomic mass is 35.5. The molecule has 1 aliphatic carbocycles. The Morgan fingerprint density at radius 3 is 2.94 bits per heavy atom. The molecule has 0 radical (unpaired) electrons. The van der Waals surface area contributed by atoms with E-state index in [-0.39, 0.29) is 22.7 Å². The first-order valence-electron chi connectivity index (χ1n) is 5.12. The lowest BCUT2D eigenvalue weighted by Crippen LogP contribution is -2.36. The summed E-state index contributed by atoms with van der Waals surface area (Å²) >= 11 is 5.57. The summed E-state index contributed by atoms with van der Waals surface area (Å²) in [6.45, 7) is 1.66. The Labute approximate surface area is 97.4 Å². The van der Waals surface area contributed by atoms with E-state index in [2.05, 4.69) is 10.3 Å². The highest BCUT2D eigenvalue weighted by Crippen LogP contribution is 2.19. The van der Waals surface area contributed by atoms with Crippen molar-refractivity contribution in [2.24, 2.45) is 0 Å². The first kappa shape index (κ1) is 11.1. The van der Waals surface area contributed by atoms with Crippen molar-refractivity contribution < 1.29 is 4.79 Å². The van der Waals surface area contributed by atoms with E-state index in [0.717, 1.165) is 12.8 Å². The van der Waals surface area contributed by atoms with Crippen molar-refractivity contribution in [2.75, 3.05) is 0 Å². The van der Waals surface area contributed by atoms with Crippen molar-refractivity contribution in [3.63, 3.8) is 0 Å². The first-order chi connectivity index (χ1) is 7.58. The van der Waals surface area contributed by atoms with Crippen LogP contribution in [0.15, 0.2) is 17.2 Å². The molecule has 5 nitrogen and oxygen atoms in total. The number of rotatable bonds is 3. The van der Waals surface area contributed by atoms with Gasteiger partial charge in [0.15, 0.2) is 0 Å². The number of amides is 1. The summed E-state index contributed by atoms with van der Waals surface area (Å²) in [6, 6.07) is 0.923. The third kappa shape index (κ3) is 2.41. The molecule has 1 aromatic rings. The molecule has 0 spiro atoms. The highest BCUT2D eigenvalue weighted by molar-refractivity contribution is 6.29. The van der Waals surface area contributed by atoms with Crippen molar-refractivity contribution in [3.05, 3.63) is 27.9 Å². The second kappa shape index (κ2) is 4.25. The Kier molecular flexibility index (Phi) is 2.96. The second-order valence-electron chi connectivity index (χ2n) is 3.92. The van der Waals surface area contributed by atoms with Crippen LogP contribution in [0.2, 0.25) is 5.15 Å². The minimum absolute atomic E-state index is 0.135. The summed E-state index contributed by atoms with van der Waals surface area (Å²) in [4.78, 5) is 27.0. The minimum atomic E-state index is -0.558. The number of nitrogens with one attached hydrogen (secondary N) is 1. The number of aromatic nitrogens is 2. The van der Waals surface area contributed by atoms with Gasteiger partial charge in [-0.25, -0.2) is 4.98 Å². The van der Waals surface area contributed by atoms with Gasteiger partial charge in [-0.05, 0) is 19.8 Å². The van der Waals surface area contributed by atoms with Gasteiger partial charge in [-0.15, -0.1) is 0 Å². The van der Waals surface area contributed by atoms with Crippen molar-refractivity contribution in [1.29, 1.82) is 0 Å². The quantitative estimate of drug-likeness (QED) is 0.794. The zero-order chi connectivity index (χ0) is 11.7. The maximum Gasteiger partial charge on any atom is 0.255 e. The van der Waals surface area contributed by atoms with E-state index < -0.39 is 6.04 Å². The largest absolute Gasteiger partial charge is 0.352 e. The Morgan fingerprint density at radius 1 is 1.69 bits per heavy atom. The molecule has 1 N–H and O–H groups in total. The maximum absolute atomic E-state index is 11.7. The van der Waals surface area contributed by atoms with E-state index in [9.17, 15) is 9.59 Å². The summed E-state index contributed by atoms with van der Waals surface area (Å²) < 4.78 is 1.27. The molecule has 0 saturated heterocycles. The van der Waals surface area contributed by atoms with E-state index in [1.165, 1.54) is 17.0 Å². The Hall–Kier alpha value is -1.36. The number of halogens is 1. The van der Waals surface area contributed by atoms with Crippen LogP contribution < -0.4 is 10.9 Å². The number of hydrogen-bond donors (Lipinski definition) is 1. The van der Waals surface area contributed by atoms with Crippen molar-refractivity contribution in [2.45, 2.75) is 31.8 Å². The van der Waals surface area contributed by atoms with E-state index >= 15 is 0 Å². The molecule has 1 amide bonds. The summed E-state index contributed by atoms with van der Waals surface area (Å²) in [6.07, 6.45) is 3.33. The summed E-state index contributed by atoms with van der Waals surface area (Å²) in [7, 11) is 0. The number of nitrogens with zero attached hydrogens (tertiary/aromatic N) is 2. The lowest BCUT2D eigenvalue weighted by molar-refractivity contribution is -0.124. The Balaban J connectivity index is 2.15. The molecule has 16 heavy (non-hydrogen) atoms. The van der Waals surface area contributed by atoms with Crippen LogP contribution in [0.1, 0.15) is 25.8 Å². The monoisotopic (exact) mass is 241 g/mol. The van der Waals surface area contributed by atoms with Gasteiger partial charge in [0.25, 0.3) is 5.56 Å². The molecule has 1 fully saturated rings. The van der Waals surface area contributed by atoms with Gasteiger partial charge in [0.05, 0.1) is 6.33 Å². The topological polar surface area (TPSA) is 64.0 Å². The smallest absolute Gasteiger partial charge is 0.255 e. The molecule has 1 aromatic heterocycles. The number of carbonyl (C=O) groups excluding carboxylic acids is 1. The van der Waals surface area contributed by atoms with Crippen LogP contribution in [0.4, 0.5) is 0 Å². The van der Waals surface area contributed by atoms with Crippen LogP contribution in [0, 0.1) is 0 Å². The first-order valence-corrected chi connectivity index (χ1v) is 5.50. The van der Waals surface area contributed by atoms with Crippen molar-refractivity contribution in [3.8, 4) is 0 Å². The zero-order valence-corrected chi connectivity index (χ0v) is 9.57. The van der Waals surface area contributed by atoms with Gasteiger partial charge < -0.3 is 5.32 Å². The van der Waals surface area contributed by atoms with Crippen molar-refractivity contribution >= 4 is 17.5 Å². The normalized spacial score (nSPS) is 16.9. The van der Waals surface area contributed by atoms with Crippen LogP contribution in [0.5, 0.6) is 0 Å². The average molecular weight is 242 g/mol. The average Bonchev–Trinajstić information content (AvgIpc) is 3.00. The molecule has 1 atom stereocenters.